The van der Waals surface area contributed by atoms with E-state index in [1.807, 2.05) is 12.1 Å². The van der Waals surface area contributed by atoms with Crippen LogP contribution in [-0.4, -0.2) is 10.3 Å². The third-order valence-electron chi connectivity index (χ3n) is 2.52. The van der Waals surface area contributed by atoms with Crippen molar-refractivity contribution in [2.75, 3.05) is 11.5 Å². The number of thioether (sulfide) groups is 1. The normalized spacial score (nSPS) is 10.7. The molecule has 18 heavy (non-hydrogen) atoms. The molecule has 0 aromatic carbocycles. The van der Waals surface area contributed by atoms with Crippen molar-refractivity contribution in [2.45, 2.75) is 18.7 Å². The van der Waals surface area contributed by atoms with Gasteiger partial charge < -0.3 is 14.7 Å². The molecule has 0 amide bonds. The minimum absolute atomic E-state index is 0.000217. The van der Waals surface area contributed by atoms with E-state index in [2.05, 4.69) is 0 Å². The average Bonchev–Trinajstić information content (AvgIpc) is 2.86. The first-order valence-electron chi connectivity index (χ1n) is 5.82. The molecule has 0 saturated heterocycles. The number of hydrogen-bond acceptors (Lipinski definition) is 4. The molecule has 2 rings (SSSR count). The van der Waals surface area contributed by atoms with E-state index in [0.29, 0.717) is 12.2 Å². The molecule has 0 saturated carbocycles. The van der Waals surface area contributed by atoms with Crippen molar-refractivity contribution in [1.82, 2.24) is 4.57 Å². The van der Waals surface area contributed by atoms with Crippen LogP contribution >= 0.6 is 11.8 Å². The standard InChI is InChI=1S/C13H16N2O2S/c14-11-4-5-13(16)15(9-11)6-2-8-18-10-12-3-1-7-17-12/h1,3-5,7,9H,2,6,8,10,14H2. The predicted octanol–water partition coefficient (Wildman–Crippen LogP) is 2.35. The highest BCUT2D eigenvalue weighted by Crippen LogP contribution is 2.13. The molecular formula is C13H16N2O2S. The highest BCUT2D eigenvalue weighted by atomic mass is 32.2. The molecule has 2 aromatic heterocycles. The molecule has 0 radical (unpaired) electrons. The zero-order chi connectivity index (χ0) is 12.8. The maximum Gasteiger partial charge on any atom is 0.250 e. The summed E-state index contributed by atoms with van der Waals surface area (Å²) in [6.07, 6.45) is 4.32. The quantitative estimate of drug-likeness (QED) is 0.814. The van der Waals surface area contributed by atoms with Crippen LogP contribution in [-0.2, 0) is 12.3 Å². The van der Waals surface area contributed by atoms with Crippen LogP contribution in [0, 0.1) is 0 Å². The Balaban J connectivity index is 1.72. The summed E-state index contributed by atoms with van der Waals surface area (Å²) in [5.41, 5.74) is 6.27. The number of nitrogens with zero attached hydrogens (tertiary/aromatic N) is 1. The number of nitrogen functional groups attached to an aromatic ring is 1. The van der Waals surface area contributed by atoms with E-state index in [-0.39, 0.29) is 5.56 Å². The van der Waals surface area contributed by atoms with Crippen LogP contribution in [0.1, 0.15) is 12.2 Å². The third-order valence-corrected chi connectivity index (χ3v) is 3.58. The highest BCUT2D eigenvalue weighted by molar-refractivity contribution is 7.98. The number of aromatic nitrogens is 1. The summed E-state index contributed by atoms with van der Waals surface area (Å²) in [4.78, 5) is 11.5. The van der Waals surface area contributed by atoms with Gasteiger partial charge in [0.05, 0.1) is 12.0 Å². The van der Waals surface area contributed by atoms with Gasteiger partial charge in [0.25, 0.3) is 5.56 Å². The van der Waals surface area contributed by atoms with Crippen molar-refractivity contribution in [2.24, 2.45) is 0 Å². The lowest BCUT2D eigenvalue weighted by molar-refractivity contribution is 0.530. The first-order chi connectivity index (χ1) is 8.75. The van der Waals surface area contributed by atoms with Crippen molar-refractivity contribution in [3.8, 4) is 0 Å². The second kappa shape index (κ2) is 6.35. The van der Waals surface area contributed by atoms with Gasteiger partial charge in [-0.25, -0.2) is 0 Å². The van der Waals surface area contributed by atoms with Crippen molar-refractivity contribution < 1.29 is 4.42 Å². The second-order valence-electron chi connectivity index (χ2n) is 3.98. The summed E-state index contributed by atoms with van der Waals surface area (Å²) in [7, 11) is 0. The Hall–Kier alpha value is -1.62. The molecule has 5 heteroatoms. The molecule has 0 aliphatic rings. The van der Waals surface area contributed by atoms with Crippen molar-refractivity contribution in [3.05, 3.63) is 52.8 Å². The molecule has 0 aliphatic carbocycles. The summed E-state index contributed by atoms with van der Waals surface area (Å²) in [6.45, 7) is 0.703. The number of hydrogen-bond donors (Lipinski definition) is 1. The first-order valence-corrected chi connectivity index (χ1v) is 6.97. The number of aryl methyl sites for hydroxylation is 1. The second-order valence-corrected chi connectivity index (χ2v) is 5.08. The Kier molecular flexibility index (Phi) is 4.52. The molecule has 0 spiro atoms. The van der Waals surface area contributed by atoms with E-state index in [0.717, 1.165) is 23.7 Å². The van der Waals surface area contributed by atoms with Crippen LogP contribution < -0.4 is 11.3 Å². The molecule has 2 aromatic rings. The van der Waals surface area contributed by atoms with Gasteiger partial charge in [-0.3, -0.25) is 4.79 Å². The van der Waals surface area contributed by atoms with E-state index in [9.17, 15) is 4.79 Å². The maximum atomic E-state index is 11.5. The van der Waals surface area contributed by atoms with E-state index < -0.39 is 0 Å². The SMILES string of the molecule is Nc1ccc(=O)n(CCCSCc2ccco2)c1. The van der Waals surface area contributed by atoms with Crippen molar-refractivity contribution in [1.29, 1.82) is 0 Å². The summed E-state index contributed by atoms with van der Waals surface area (Å²) in [5.74, 6) is 2.85. The first kappa shape index (κ1) is 12.8. The maximum absolute atomic E-state index is 11.5. The molecule has 0 unspecified atom stereocenters. The molecular weight excluding hydrogens is 248 g/mol. The zero-order valence-electron chi connectivity index (χ0n) is 10.0. The average molecular weight is 264 g/mol. The summed E-state index contributed by atoms with van der Waals surface area (Å²) >= 11 is 1.80. The molecule has 96 valence electrons. The van der Waals surface area contributed by atoms with Gasteiger partial charge in [0, 0.05) is 24.5 Å². The Morgan fingerprint density at radius 3 is 3.00 bits per heavy atom. The van der Waals surface area contributed by atoms with Crippen LogP contribution in [0.5, 0.6) is 0 Å². The molecule has 4 nitrogen and oxygen atoms in total. The monoisotopic (exact) mass is 264 g/mol. The summed E-state index contributed by atoms with van der Waals surface area (Å²) in [6, 6.07) is 6.99. The Morgan fingerprint density at radius 2 is 2.22 bits per heavy atom. The molecule has 0 aliphatic heterocycles. The summed E-state index contributed by atoms with van der Waals surface area (Å²) in [5, 5.41) is 0. The molecule has 2 heterocycles. The molecule has 0 fully saturated rings. The molecule has 2 N–H and O–H groups in total. The lowest BCUT2D eigenvalue weighted by Crippen LogP contribution is -2.19. The van der Waals surface area contributed by atoms with Gasteiger partial charge in [0.15, 0.2) is 0 Å². The largest absolute Gasteiger partial charge is 0.468 e. The van der Waals surface area contributed by atoms with E-state index in [1.54, 1.807) is 34.9 Å². The minimum Gasteiger partial charge on any atom is -0.468 e. The Bertz CT molecular complexity index is 534. The van der Waals surface area contributed by atoms with Gasteiger partial charge in [-0.05, 0) is 30.4 Å². The lowest BCUT2D eigenvalue weighted by atomic mass is 10.4. The number of nitrogens with two attached hydrogens (primary N) is 1. The fraction of sp³-hybridized carbons (Fsp3) is 0.308. The number of anilines is 1. The van der Waals surface area contributed by atoms with Crippen LogP contribution in [0.15, 0.2) is 45.9 Å². The summed E-state index contributed by atoms with van der Waals surface area (Å²) < 4.78 is 6.90. The van der Waals surface area contributed by atoms with Crippen molar-refractivity contribution >= 4 is 17.4 Å². The van der Waals surface area contributed by atoms with Gasteiger partial charge in [0.1, 0.15) is 5.76 Å². The lowest BCUT2D eigenvalue weighted by Gasteiger charge is -2.05. The van der Waals surface area contributed by atoms with Crippen LogP contribution in [0.2, 0.25) is 0 Å². The third kappa shape index (κ3) is 3.70. The van der Waals surface area contributed by atoms with E-state index >= 15 is 0 Å². The fourth-order valence-corrected chi connectivity index (χ4v) is 2.47. The van der Waals surface area contributed by atoms with E-state index in [4.69, 9.17) is 10.2 Å². The van der Waals surface area contributed by atoms with Gasteiger partial charge >= 0.3 is 0 Å². The highest BCUT2D eigenvalue weighted by Gasteiger charge is 1.98. The van der Waals surface area contributed by atoms with Gasteiger partial charge in [0.2, 0.25) is 0 Å². The number of rotatable bonds is 6. The van der Waals surface area contributed by atoms with Crippen LogP contribution in [0.3, 0.4) is 0 Å². The minimum atomic E-state index is 0.000217. The smallest absolute Gasteiger partial charge is 0.250 e. The van der Waals surface area contributed by atoms with Gasteiger partial charge in [-0.2, -0.15) is 11.8 Å². The molecule has 0 bridgehead atoms. The van der Waals surface area contributed by atoms with Gasteiger partial charge in [-0.1, -0.05) is 0 Å². The Morgan fingerprint density at radius 1 is 1.33 bits per heavy atom. The number of pyridine rings is 1. The van der Waals surface area contributed by atoms with Gasteiger partial charge in [-0.15, -0.1) is 0 Å². The van der Waals surface area contributed by atoms with Crippen molar-refractivity contribution in [3.63, 3.8) is 0 Å². The van der Waals surface area contributed by atoms with Crippen LogP contribution in [0.25, 0.3) is 0 Å². The Labute approximate surface area is 110 Å². The predicted molar refractivity (Wildman–Crippen MR) is 74.6 cm³/mol. The zero-order valence-corrected chi connectivity index (χ0v) is 10.9. The fourth-order valence-electron chi connectivity index (χ4n) is 1.63. The van der Waals surface area contributed by atoms with Crippen LogP contribution in [0.4, 0.5) is 5.69 Å². The topological polar surface area (TPSA) is 61.2 Å². The number of furan rings is 1. The van der Waals surface area contributed by atoms with E-state index in [1.165, 1.54) is 6.07 Å². The molecule has 0 atom stereocenters.